The van der Waals surface area contributed by atoms with Gasteiger partial charge in [0.25, 0.3) is 5.91 Å². The van der Waals surface area contributed by atoms with Crippen LogP contribution in [-0.4, -0.2) is 22.3 Å². The molecule has 132 valence electrons. The molecule has 25 heavy (non-hydrogen) atoms. The lowest BCUT2D eigenvalue weighted by Crippen LogP contribution is -2.58. The molecular formula is C18H20FN3O3. The van der Waals surface area contributed by atoms with E-state index >= 15 is 0 Å². The van der Waals surface area contributed by atoms with Crippen molar-refractivity contribution in [2.45, 2.75) is 26.3 Å². The van der Waals surface area contributed by atoms with Crippen molar-refractivity contribution >= 4 is 11.8 Å². The normalized spacial score (nSPS) is 13.2. The van der Waals surface area contributed by atoms with Gasteiger partial charge in [-0.15, -0.1) is 0 Å². The summed E-state index contributed by atoms with van der Waals surface area (Å²) in [6.07, 6.45) is 1.46. The Morgan fingerprint density at radius 2 is 1.88 bits per heavy atom. The summed E-state index contributed by atoms with van der Waals surface area (Å²) in [6.45, 7) is 5.13. The average molecular weight is 345 g/mol. The minimum Gasteiger partial charge on any atom is -0.438 e. The molecule has 0 fully saturated rings. The molecule has 0 bridgehead atoms. The lowest BCUT2D eigenvalue weighted by atomic mass is 9.87. The number of nitrogens with one attached hydrogen (secondary N) is 1. The van der Waals surface area contributed by atoms with Crippen molar-refractivity contribution in [1.29, 1.82) is 0 Å². The summed E-state index contributed by atoms with van der Waals surface area (Å²) >= 11 is 0. The Balaban J connectivity index is 2.29. The molecule has 0 aliphatic carbocycles. The molecule has 2 rings (SSSR count). The number of hydrogen-bond acceptors (Lipinski definition) is 4. The standard InChI is InChI=1S/C18H20FN3O3/c1-11(2)18(3,17(20)24)22-15(23)14-5-4-10-21-16(14)25-13-8-6-12(19)7-9-13/h4-11H,1-3H3,(H2,20,24)(H,22,23)/t18-/m0/s1. The van der Waals surface area contributed by atoms with E-state index in [2.05, 4.69) is 10.3 Å². The monoisotopic (exact) mass is 345 g/mol. The Bertz CT molecular complexity index is 777. The summed E-state index contributed by atoms with van der Waals surface area (Å²) in [5.74, 6) is -1.42. The molecule has 1 atom stereocenters. The second-order valence-electron chi connectivity index (χ2n) is 6.09. The number of ether oxygens (including phenoxy) is 1. The Kier molecular flexibility index (Phi) is 5.36. The summed E-state index contributed by atoms with van der Waals surface area (Å²) in [5.41, 5.74) is 4.35. The third kappa shape index (κ3) is 4.12. The maximum atomic E-state index is 13.0. The zero-order chi connectivity index (χ0) is 18.6. The Hall–Kier alpha value is -2.96. The van der Waals surface area contributed by atoms with E-state index in [1.54, 1.807) is 26.8 Å². The van der Waals surface area contributed by atoms with Gasteiger partial charge in [0, 0.05) is 6.20 Å². The number of carbonyl (C=O) groups is 2. The lowest BCUT2D eigenvalue weighted by Gasteiger charge is -2.31. The summed E-state index contributed by atoms with van der Waals surface area (Å²) < 4.78 is 18.6. The van der Waals surface area contributed by atoms with Crippen molar-refractivity contribution in [3.05, 3.63) is 54.0 Å². The molecule has 0 spiro atoms. The molecule has 2 amide bonds. The first-order valence-corrected chi connectivity index (χ1v) is 7.75. The lowest BCUT2D eigenvalue weighted by molar-refractivity contribution is -0.125. The van der Waals surface area contributed by atoms with Gasteiger partial charge in [0.15, 0.2) is 0 Å². The Morgan fingerprint density at radius 3 is 2.44 bits per heavy atom. The van der Waals surface area contributed by atoms with Crippen molar-refractivity contribution in [2.75, 3.05) is 0 Å². The minimum atomic E-state index is -1.22. The summed E-state index contributed by atoms with van der Waals surface area (Å²) in [6, 6.07) is 8.41. The van der Waals surface area contributed by atoms with Crippen LogP contribution in [0.3, 0.4) is 0 Å². The first-order valence-electron chi connectivity index (χ1n) is 7.75. The first kappa shape index (κ1) is 18.4. The zero-order valence-electron chi connectivity index (χ0n) is 14.2. The van der Waals surface area contributed by atoms with E-state index in [4.69, 9.17) is 10.5 Å². The molecule has 0 saturated carbocycles. The van der Waals surface area contributed by atoms with Gasteiger partial charge in [0.1, 0.15) is 22.7 Å². The van der Waals surface area contributed by atoms with Crippen LogP contribution in [0.2, 0.25) is 0 Å². The highest BCUT2D eigenvalue weighted by molar-refractivity contribution is 6.00. The number of carbonyl (C=O) groups excluding carboxylic acids is 2. The topological polar surface area (TPSA) is 94.3 Å². The zero-order valence-corrected chi connectivity index (χ0v) is 14.2. The number of halogens is 1. The van der Waals surface area contributed by atoms with Crippen LogP contribution in [0.15, 0.2) is 42.6 Å². The molecule has 1 heterocycles. The van der Waals surface area contributed by atoms with Crippen LogP contribution in [0.4, 0.5) is 4.39 Å². The van der Waals surface area contributed by atoms with Crippen molar-refractivity contribution in [3.63, 3.8) is 0 Å². The quantitative estimate of drug-likeness (QED) is 0.841. The number of pyridine rings is 1. The van der Waals surface area contributed by atoms with Crippen molar-refractivity contribution in [1.82, 2.24) is 10.3 Å². The number of primary amides is 1. The SMILES string of the molecule is CC(C)[C@](C)(NC(=O)c1cccnc1Oc1ccc(F)cc1)C(N)=O. The highest BCUT2D eigenvalue weighted by Gasteiger charge is 2.37. The highest BCUT2D eigenvalue weighted by Crippen LogP contribution is 2.24. The number of amides is 2. The maximum absolute atomic E-state index is 13.0. The number of nitrogens with two attached hydrogens (primary N) is 1. The Labute approximate surface area is 145 Å². The molecule has 0 aliphatic rings. The largest absolute Gasteiger partial charge is 0.438 e. The maximum Gasteiger partial charge on any atom is 0.257 e. The molecule has 0 radical (unpaired) electrons. The van der Waals surface area contributed by atoms with E-state index in [1.807, 2.05) is 0 Å². The molecule has 0 aliphatic heterocycles. The second kappa shape index (κ2) is 7.29. The Morgan fingerprint density at radius 1 is 1.24 bits per heavy atom. The van der Waals surface area contributed by atoms with Crippen LogP contribution in [0.1, 0.15) is 31.1 Å². The van der Waals surface area contributed by atoms with Crippen molar-refractivity contribution in [3.8, 4) is 11.6 Å². The fraction of sp³-hybridized carbons (Fsp3) is 0.278. The number of aromatic nitrogens is 1. The molecule has 6 nitrogen and oxygen atoms in total. The molecule has 3 N–H and O–H groups in total. The predicted octanol–water partition coefficient (Wildman–Crippen LogP) is 2.64. The summed E-state index contributed by atoms with van der Waals surface area (Å²) in [7, 11) is 0. The van der Waals surface area contributed by atoms with E-state index in [9.17, 15) is 14.0 Å². The molecular weight excluding hydrogens is 325 g/mol. The smallest absolute Gasteiger partial charge is 0.257 e. The molecule has 0 unspecified atom stereocenters. The molecule has 1 aromatic carbocycles. The average Bonchev–Trinajstić information content (AvgIpc) is 2.57. The molecule has 0 saturated heterocycles. The van der Waals surface area contributed by atoms with E-state index in [-0.39, 0.29) is 17.4 Å². The summed E-state index contributed by atoms with van der Waals surface area (Å²) in [4.78, 5) is 28.4. The van der Waals surface area contributed by atoms with Gasteiger partial charge in [-0.3, -0.25) is 9.59 Å². The second-order valence-corrected chi connectivity index (χ2v) is 6.09. The van der Waals surface area contributed by atoms with Crippen LogP contribution in [-0.2, 0) is 4.79 Å². The summed E-state index contributed by atoms with van der Waals surface area (Å²) in [5, 5.41) is 2.65. The number of rotatable bonds is 6. The van der Waals surface area contributed by atoms with Crippen LogP contribution in [0, 0.1) is 11.7 Å². The van der Waals surface area contributed by atoms with Gasteiger partial charge in [0.2, 0.25) is 11.8 Å². The third-order valence-electron chi connectivity index (χ3n) is 4.08. The van der Waals surface area contributed by atoms with E-state index in [0.29, 0.717) is 5.75 Å². The van der Waals surface area contributed by atoms with Crippen LogP contribution in [0.5, 0.6) is 11.6 Å². The fourth-order valence-corrected chi connectivity index (χ4v) is 2.05. The van der Waals surface area contributed by atoms with Crippen LogP contribution >= 0.6 is 0 Å². The van der Waals surface area contributed by atoms with E-state index in [0.717, 1.165) is 0 Å². The molecule has 1 aromatic heterocycles. The van der Waals surface area contributed by atoms with Gasteiger partial charge in [-0.1, -0.05) is 13.8 Å². The van der Waals surface area contributed by atoms with Crippen molar-refractivity contribution < 1.29 is 18.7 Å². The molecule has 7 heteroatoms. The first-order chi connectivity index (χ1) is 11.7. The molecule has 2 aromatic rings. The number of benzene rings is 1. The van der Waals surface area contributed by atoms with Gasteiger partial charge in [-0.25, -0.2) is 9.37 Å². The number of hydrogen-bond donors (Lipinski definition) is 2. The third-order valence-corrected chi connectivity index (χ3v) is 4.08. The van der Waals surface area contributed by atoms with Gasteiger partial charge in [0.05, 0.1) is 0 Å². The van der Waals surface area contributed by atoms with Gasteiger partial charge in [-0.05, 0) is 49.2 Å². The predicted molar refractivity (Wildman–Crippen MR) is 90.6 cm³/mol. The van der Waals surface area contributed by atoms with E-state index in [1.165, 1.54) is 36.5 Å². The fourth-order valence-electron chi connectivity index (χ4n) is 2.05. The van der Waals surface area contributed by atoms with Gasteiger partial charge < -0.3 is 15.8 Å². The van der Waals surface area contributed by atoms with Crippen LogP contribution in [0.25, 0.3) is 0 Å². The number of nitrogens with zero attached hydrogens (tertiary/aromatic N) is 1. The van der Waals surface area contributed by atoms with Gasteiger partial charge in [-0.2, -0.15) is 0 Å². The van der Waals surface area contributed by atoms with Gasteiger partial charge >= 0.3 is 0 Å². The minimum absolute atomic E-state index is 0.0437. The van der Waals surface area contributed by atoms with Crippen LogP contribution < -0.4 is 15.8 Å². The van der Waals surface area contributed by atoms with E-state index < -0.39 is 23.2 Å². The van der Waals surface area contributed by atoms with Crippen molar-refractivity contribution in [2.24, 2.45) is 11.7 Å². The highest BCUT2D eigenvalue weighted by atomic mass is 19.1.